The van der Waals surface area contributed by atoms with Gasteiger partial charge in [-0.2, -0.15) is 0 Å². The van der Waals surface area contributed by atoms with Gasteiger partial charge in [-0.25, -0.2) is 8.42 Å². The maximum Gasteiger partial charge on any atom is 0.271 e. The van der Waals surface area contributed by atoms with Crippen molar-refractivity contribution in [3.63, 3.8) is 0 Å². The molecule has 1 N–H and O–H groups in total. The molecular formula is C22H20ClN3O6S. The van der Waals surface area contributed by atoms with Crippen molar-refractivity contribution in [2.75, 3.05) is 22.5 Å². The molecule has 3 aromatic rings. The third-order valence-electron chi connectivity index (χ3n) is 4.48. The minimum atomic E-state index is -3.56. The molecule has 0 fully saturated rings. The fourth-order valence-corrected chi connectivity index (χ4v) is 3.92. The molecule has 0 aliphatic heterocycles. The van der Waals surface area contributed by atoms with Gasteiger partial charge in [0.15, 0.2) is 6.61 Å². The predicted octanol–water partition coefficient (Wildman–Crippen LogP) is 4.23. The number of nitro benzene ring substituents is 1. The van der Waals surface area contributed by atoms with Crippen molar-refractivity contribution in [3.8, 4) is 5.75 Å². The maximum atomic E-state index is 12.3. The molecule has 0 bridgehead atoms. The van der Waals surface area contributed by atoms with Crippen LogP contribution in [0.3, 0.4) is 0 Å². The van der Waals surface area contributed by atoms with Gasteiger partial charge in [0.05, 0.1) is 23.4 Å². The number of benzene rings is 3. The molecular weight excluding hydrogens is 470 g/mol. The van der Waals surface area contributed by atoms with Crippen LogP contribution in [0, 0.1) is 10.1 Å². The molecule has 0 aliphatic rings. The number of nitrogens with one attached hydrogen (secondary N) is 1. The molecule has 0 unspecified atom stereocenters. The van der Waals surface area contributed by atoms with E-state index in [0.29, 0.717) is 16.5 Å². The Morgan fingerprint density at radius 3 is 2.36 bits per heavy atom. The molecule has 0 radical (unpaired) electrons. The maximum absolute atomic E-state index is 12.3. The second-order valence-electron chi connectivity index (χ2n) is 7.03. The summed E-state index contributed by atoms with van der Waals surface area (Å²) in [4.78, 5) is 22.4. The number of sulfonamides is 1. The number of hydrogen-bond donors (Lipinski definition) is 1. The highest BCUT2D eigenvalue weighted by molar-refractivity contribution is 7.92. The van der Waals surface area contributed by atoms with Crippen LogP contribution in [0.4, 0.5) is 17.1 Å². The Bertz CT molecular complexity index is 1250. The molecule has 172 valence electrons. The number of nitrogens with zero attached hydrogens (tertiary/aromatic N) is 2. The van der Waals surface area contributed by atoms with Crippen molar-refractivity contribution in [1.82, 2.24) is 0 Å². The SMILES string of the molecule is CS(=O)(=O)N(Cc1ccc(Cl)cc1)c1ccc(OCC(=O)Nc2cccc([N+](=O)[O-])c2)cc1. The summed E-state index contributed by atoms with van der Waals surface area (Å²) in [6, 6.07) is 18.7. The second-order valence-corrected chi connectivity index (χ2v) is 9.38. The molecule has 9 nitrogen and oxygen atoms in total. The lowest BCUT2D eigenvalue weighted by molar-refractivity contribution is -0.384. The highest BCUT2D eigenvalue weighted by Crippen LogP contribution is 2.24. The number of amides is 1. The van der Waals surface area contributed by atoms with Gasteiger partial charge in [-0.15, -0.1) is 0 Å². The molecule has 0 aliphatic carbocycles. The number of non-ortho nitro benzene ring substituents is 1. The lowest BCUT2D eigenvalue weighted by Gasteiger charge is -2.23. The van der Waals surface area contributed by atoms with Crippen molar-refractivity contribution < 1.29 is 22.9 Å². The van der Waals surface area contributed by atoms with E-state index >= 15 is 0 Å². The Labute approximate surface area is 195 Å². The van der Waals surface area contributed by atoms with E-state index in [-0.39, 0.29) is 24.5 Å². The molecule has 0 atom stereocenters. The van der Waals surface area contributed by atoms with Crippen molar-refractivity contribution >= 4 is 44.6 Å². The topological polar surface area (TPSA) is 119 Å². The Morgan fingerprint density at radius 2 is 1.76 bits per heavy atom. The smallest absolute Gasteiger partial charge is 0.271 e. The van der Waals surface area contributed by atoms with E-state index in [0.717, 1.165) is 11.8 Å². The molecule has 1 amide bonds. The van der Waals surface area contributed by atoms with Gasteiger partial charge >= 0.3 is 0 Å². The Balaban J connectivity index is 1.63. The predicted molar refractivity (Wildman–Crippen MR) is 126 cm³/mol. The number of rotatable bonds is 9. The van der Waals surface area contributed by atoms with E-state index in [9.17, 15) is 23.3 Å². The number of ether oxygens (including phenoxy) is 1. The van der Waals surface area contributed by atoms with E-state index in [1.165, 1.54) is 28.6 Å². The molecule has 0 heterocycles. The number of carbonyl (C=O) groups is 1. The lowest BCUT2D eigenvalue weighted by Crippen LogP contribution is -2.29. The zero-order valence-corrected chi connectivity index (χ0v) is 19.0. The molecule has 33 heavy (non-hydrogen) atoms. The molecule has 11 heteroatoms. The average molecular weight is 490 g/mol. The summed E-state index contributed by atoms with van der Waals surface area (Å²) in [6.45, 7) is -0.204. The number of nitro groups is 1. The van der Waals surface area contributed by atoms with Crippen LogP contribution in [0.2, 0.25) is 5.02 Å². The first-order valence-electron chi connectivity index (χ1n) is 9.61. The summed E-state index contributed by atoms with van der Waals surface area (Å²) < 4.78 is 31.3. The lowest BCUT2D eigenvalue weighted by atomic mass is 10.2. The number of hydrogen-bond acceptors (Lipinski definition) is 6. The highest BCUT2D eigenvalue weighted by atomic mass is 35.5. The van der Waals surface area contributed by atoms with Gasteiger partial charge in [-0.05, 0) is 48.0 Å². The van der Waals surface area contributed by atoms with Crippen molar-refractivity contribution in [1.29, 1.82) is 0 Å². The molecule has 0 aromatic heterocycles. The summed E-state index contributed by atoms with van der Waals surface area (Å²) in [5, 5.41) is 13.9. The number of carbonyl (C=O) groups excluding carboxylic acids is 1. The highest BCUT2D eigenvalue weighted by Gasteiger charge is 2.18. The van der Waals surface area contributed by atoms with Crippen LogP contribution in [0.5, 0.6) is 5.75 Å². The second kappa shape index (κ2) is 10.3. The third kappa shape index (κ3) is 6.93. The summed E-state index contributed by atoms with van der Waals surface area (Å²) in [7, 11) is -3.56. The normalized spacial score (nSPS) is 11.0. The van der Waals surface area contributed by atoms with Gasteiger partial charge in [0, 0.05) is 22.8 Å². The van der Waals surface area contributed by atoms with Crippen LogP contribution in [0.25, 0.3) is 0 Å². The van der Waals surface area contributed by atoms with Crippen LogP contribution in [-0.4, -0.2) is 32.1 Å². The van der Waals surface area contributed by atoms with E-state index in [2.05, 4.69) is 5.32 Å². The van der Waals surface area contributed by atoms with Gasteiger partial charge < -0.3 is 10.1 Å². The van der Waals surface area contributed by atoms with Crippen LogP contribution in [0.1, 0.15) is 5.56 Å². The first kappa shape index (κ1) is 24.0. The minimum Gasteiger partial charge on any atom is -0.484 e. The van der Waals surface area contributed by atoms with Gasteiger partial charge in [-0.1, -0.05) is 29.8 Å². The number of anilines is 2. The first-order valence-corrected chi connectivity index (χ1v) is 11.8. The average Bonchev–Trinajstić information content (AvgIpc) is 2.77. The summed E-state index contributed by atoms with van der Waals surface area (Å²) in [6.07, 6.45) is 1.12. The van der Waals surface area contributed by atoms with Crippen LogP contribution in [-0.2, 0) is 21.4 Å². The summed E-state index contributed by atoms with van der Waals surface area (Å²) in [5.74, 6) is -0.145. The zero-order chi connectivity index (χ0) is 24.0. The first-order chi connectivity index (χ1) is 15.6. The standard InChI is InChI=1S/C22H20ClN3O6S/c1-33(30,31)25(14-16-5-7-17(23)8-6-16)19-9-11-21(12-10-19)32-15-22(27)24-18-3-2-4-20(13-18)26(28)29/h2-13H,14-15H2,1H3,(H,24,27). The van der Waals surface area contributed by atoms with Gasteiger partial charge in [0.25, 0.3) is 11.6 Å². The van der Waals surface area contributed by atoms with Gasteiger partial charge in [-0.3, -0.25) is 19.2 Å². The molecule has 0 spiro atoms. The third-order valence-corrected chi connectivity index (χ3v) is 5.87. The van der Waals surface area contributed by atoms with E-state index in [4.69, 9.17) is 16.3 Å². The van der Waals surface area contributed by atoms with Crippen molar-refractivity contribution in [2.24, 2.45) is 0 Å². The fraction of sp³-hybridized carbons (Fsp3) is 0.136. The monoisotopic (exact) mass is 489 g/mol. The minimum absolute atomic E-state index is 0.127. The molecule has 0 saturated carbocycles. The molecule has 3 aromatic carbocycles. The van der Waals surface area contributed by atoms with Crippen LogP contribution < -0.4 is 14.4 Å². The van der Waals surface area contributed by atoms with Crippen LogP contribution in [0.15, 0.2) is 72.8 Å². The Kier molecular flexibility index (Phi) is 7.52. The van der Waals surface area contributed by atoms with E-state index in [1.807, 2.05) is 0 Å². The summed E-state index contributed by atoms with van der Waals surface area (Å²) >= 11 is 5.89. The van der Waals surface area contributed by atoms with E-state index in [1.54, 1.807) is 48.5 Å². The largest absolute Gasteiger partial charge is 0.484 e. The van der Waals surface area contributed by atoms with Crippen molar-refractivity contribution in [3.05, 3.63) is 93.5 Å². The zero-order valence-electron chi connectivity index (χ0n) is 17.5. The fourth-order valence-electron chi connectivity index (χ4n) is 2.91. The quantitative estimate of drug-likeness (QED) is 0.355. The van der Waals surface area contributed by atoms with Gasteiger partial charge in [0.1, 0.15) is 5.75 Å². The number of halogens is 1. The Morgan fingerprint density at radius 1 is 1.09 bits per heavy atom. The summed E-state index contributed by atoms with van der Waals surface area (Å²) in [5.41, 5.74) is 1.33. The van der Waals surface area contributed by atoms with Crippen molar-refractivity contribution in [2.45, 2.75) is 6.54 Å². The van der Waals surface area contributed by atoms with Crippen LogP contribution >= 0.6 is 11.6 Å². The Hall–Kier alpha value is -3.63. The molecule has 0 saturated heterocycles. The van der Waals surface area contributed by atoms with E-state index < -0.39 is 20.9 Å². The molecule has 3 rings (SSSR count). The van der Waals surface area contributed by atoms with Gasteiger partial charge in [0.2, 0.25) is 10.0 Å².